The Labute approximate surface area is 115 Å². The fourth-order valence-corrected chi connectivity index (χ4v) is 3.42. The maximum atomic E-state index is 12.0. The van der Waals surface area contributed by atoms with Crippen LogP contribution in [0.5, 0.6) is 0 Å². The zero-order valence-electron chi connectivity index (χ0n) is 11.3. The van der Waals surface area contributed by atoms with Gasteiger partial charge in [-0.2, -0.15) is 17.4 Å². The van der Waals surface area contributed by atoms with Gasteiger partial charge in [0.15, 0.2) is 0 Å². The molecule has 0 aromatic rings. The number of aliphatic hydroxyl groups excluding tert-OH is 1. The van der Waals surface area contributed by atoms with Gasteiger partial charge in [0.2, 0.25) is 0 Å². The van der Waals surface area contributed by atoms with Gasteiger partial charge in [-0.1, -0.05) is 0 Å². The molecule has 0 aromatic heterocycles. The lowest BCUT2D eigenvalue weighted by Crippen LogP contribution is -2.46. The van der Waals surface area contributed by atoms with Crippen LogP contribution in [0.1, 0.15) is 25.7 Å². The van der Waals surface area contributed by atoms with Crippen molar-refractivity contribution in [1.82, 2.24) is 9.03 Å². The molecule has 2 rings (SSSR count). The van der Waals surface area contributed by atoms with Crippen molar-refractivity contribution >= 4 is 10.2 Å². The fourth-order valence-electron chi connectivity index (χ4n) is 2.20. The number of nitrogens with one attached hydrogen (secondary N) is 1. The molecule has 0 aromatic carbocycles. The molecule has 0 spiro atoms. The third-order valence-corrected chi connectivity index (χ3v) is 5.37. The van der Waals surface area contributed by atoms with Crippen LogP contribution in [0.2, 0.25) is 0 Å². The summed E-state index contributed by atoms with van der Waals surface area (Å²) in [4.78, 5) is 0. The molecular weight excluding hydrogens is 268 g/mol. The van der Waals surface area contributed by atoms with Gasteiger partial charge in [-0.25, -0.2) is 0 Å². The smallest absolute Gasteiger partial charge is 0.279 e. The van der Waals surface area contributed by atoms with Crippen LogP contribution < -0.4 is 4.72 Å². The Bertz CT molecular complexity index is 362. The first-order chi connectivity index (χ1) is 9.12. The molecule has 7 heteroatoms. The predicted molar refractivity (Wildman–Crippen MR) is 71.8 cm³/mol. The van der Waals surface area contributed by atoms with Gasteiger partial charge in [0.25, 0.3) is 10.2 Å². The molecule has 2 fully saturated rings. The topological polar surface area (TPSA) is 78.9 Å². The minimum atomic E-state index is -3.38. The van der Waals surface area contributed by atoms with E-state index in [0.717, 1.165) is 19.4 Å². The summed E-state index contributed by atoms with van der Waals surface area (Å²) in [7, 11) is -3.38. The lowest BCUT2D eigenvalue weighted by atomic mass is 10.00. The highest BCUT2D eigenvalue weighted by molar-refractivity contribution is 7.87. The Balaban J connectivity index is 1.63. The lowest BCUT2D eigenvalue weighted by Gasteiger charge is -2.30. The van der Waals surface area contributed by atoms with Crippen LogP contribution in [0.25, 0.3) is 0 Å². The molecule has 112 valence electrons. The van der Waals surface area contributed by atoms with Crippen molar-refractivity contribution in [3.05, 3.63) is 0 Å². The highest BCUT2D eigenvalue weighted by atomic mass is 32.2. The molecule has 1 aliphatic carbocycles. The van der Waals surface area contributed by atoms with Crippen LogP contribution in [0.15, 0.2) is 0 Å². The summed E-state index contributed by atoms with van der Waals surface area (Å²) < 4.78 is 33.4. The molecule has 0 atom stereocenters. The largest absolute Gasteiger partial charge is 0.396 e. The van der Waals surface area contributed by atoms with Crippen LogP contribution in [-0.2, 0) is 14.9 Å². The summed E-state index contributed by atoms with van der Waals surface area (Å²) in [5.74, 6) is 0.947. The second kappa shape index (κ2) is 6.99. The molecule has 1 saturated carbocycles. The van der Waals surface area contributed by atoms with Gasteiger partial charge in [-0.3, -0.25) is 0 Å². The van der Waals surface area contributed by atoms with Crippen molar-refractivity contribution in [2.45, 2.75) is 25.7 Å². The third kappa shape index (κ3) is 5.00. The van der Waals surface area contributed by atoms with E-state index in [1.54, 1.807) is 0 Å². The minimum absolute atomic E-state index is 0.149. The van der Waals surface area contributed by atoms with Crippen molar-refractivity contribution in [2.75, 3.05) is 39.5 Å². The van der Waals surface area contributed by atoms with Crippen LogP contribution in [0.3, 0.4) is 0 Å². The van der Waals surface area contributed by atoms with Crippen molar-refractivity contribution in [1.29, 1.82) is 0 Å². The van der Waals surface area contributed by atoms with Gasteiger partial charge in [-0.15, -0.1) is 0 Å². The second-order valence-corrected chi connectivity index (χ2v) is 7.20. The number of ether oxygens (including phenoxy) is 1. The van der Waals surface area contributed by atoms with Crippen molar-refractivity contribution in [3.8, 4) is 0 Å². The van der Waals surface area contributed by atoms with E-state index >= 15 is 0 Å². The molecule has 0 unspecified atom stereocenters. The number of hydrogen-bond acceptors (Lipinski definition) is 4. The molecule has 2 N–H and O–H groups in total. The van der Waals surface area contributed by atoms with Gasteiger partial charge < -0.3 is 9.84 Å². The second-order valence-electron chi connectivity index (χ2n) is 5.44. The number of piperidine rings is 1. The Morgan fingerprint density at radius 3 is 2.42 bits per heavy atom. The SMILES string of the molecule is O=S(=O)(NCCOCC1CC1)N1CCC(CO)CC1. The van der Waals surface area contributed by atoms with Crippen LogP contribution in [0, 0.1) is 11.8 Å². The average molecular weight is 292 g/mol. The highest BCUT2D eigenvalue weighted by Crippen LogP contribution is 2.28. The fraction of sp³-hybridized carbons (Fsp3) is 1.00. The molecule has 1 saturated heterocycles. The maximum Gasteiger partial charge on any atom is 0.279 e. The zero-order chi connectivity index (χ0) is 13.7. The number of nitrogens with zero attached hydrogens (tertiary/aromatic N) is 1. The van der Waals surface area contributed by atoms with Gasteiger partial charge in [-0.05, 0) is 37.5 Å². The normalized spacial score (nSPS) is 22.8. The minimum Gasteiger partial charge on any atom is -0.396 e. The Morgan fingerprint density at radius 1 is 1.16 bits per heavy atom. The van der Waals surface area contributed by atoms with Crippen LogP contribution >= 0.6 is 0 Å². The van der Waals surface area contributed by atoms with E-state index in [-0.39, 0.29) is 12.5 Å². The summed E-state index contributed by atoms with van der Waals surface area (Å²) >= 11 is 0. The van der Waals surface area contributed by atoms with E-state index in [4.69, 9.17) is 9.84 Å². The van der Waals surface area contributed by atoms with Gasteiger partial charge >= 0.3 is 0 Å². The zero-order valence-corrected chi connectivity index (χ0v) is 12.1. The van der Waals surface area contributed by atoms with E-state index < -0.39 is 10.2 Å². The summed E-state index contributed by atoms with van der Waals surface area (Å²) in [5.41, 5.74) is 0. The van der Waals surface area contributed by atoms with Gasteiger partial charge in [0.1, 0.15) is 0 Å². The Morgan fingerprint density at radius 2 is 1.84 bits per heavy atom. The van der Waals surface area contributed by atoms with E-state index in [9.17, 15) is 8.42 Å². The summed E-state index contributed by atoms with van der Waals surface area (Å²) in [6.45, 7) is 2.64. The molecule has 6 nitrogen and oxygen atoms in total. The standard InChI is InChI=1S/C12H24N2O4S/c15-9-11-3-6-14(7-4-11)19(16,17)13-5-8-18-10-12-1-2-12/h11-13,15H,1-10H2. The first kappa shape index (κ1) is 15.2. The Hall–Kier alpha value is -0.210. The van der Waals surface area contributed by atoms with Gasteiger partial charge in [0.05, 0.1) is 6.61 Å². The van der Waals surface area contributed by atoms with E-state index in [1.807, 2.05) is 0 Å². The monoisotopic (exact) mass is 292 g/mol. The summed E-state index contributed by atoms with van der Waals surface area (Å²) in [6, 6.07) is 0. The molecule has 19 heavy (non-hydrogen) atoms. The van der Waals surface area contributed by atoms with Crippen LogP contribution in [-0.4, -0.2) is 57.3 Å². The van der Waals surface area contributed by atoms with E-state index in [0.29, 0.717) is 32.2 Å². The molecule has 0 bridgehead atoms. The third-order valence-electron chi connectivity index (χ3n) is 3.75. The maximum absolute atomic E-state index is 12.0. The van der Waals surface area contributed by atoms with E-state index in [2.05, 4.69) is 4.72 Å². The molecule has 0 radical (unpaired) electrons. The number of rotatable bonds is 8. The Kier molecular flexibility index (Phi) is 5.58. The quantitative estimate of drug-likeness (QED) is 0.615. The molecule has 0 amide bonds. The average Bonchev–Trinajstić information content (AvgIpc) is 3.22. The van der Waals surface area contributed by atoms with E-state index in [1.165, 1.54) is 17.1 Å². The summed E-state index contributed by atoms with van der Waals surface area (Å²) in [6.07, 6.45) is 3.95. The van der Waals surface area contributed by atoms with Crippen molar-refractivity contribution in [3.63, 3.8) is 0 Å². The number of aliphatic hydroxyl groups is 1. The molecular formula is C12H24N2O4S. The van der Waals surface area contributed by atoms with Crippen molar-refractivity contribution in [2.24, 2.45) is 11.8 Å². The van der Waals surface area contributed by atoms with Crippen LogP contribution in [0.4, 0.5) is 0 Å². The first-order valence-electron chi connectivity index (χ1n) is 7.05. The highest BCUT2D eigenvalue weighted by Gasteiger charge is 2.27. The first-order valence-corrected chi connectivity index (χ1v) is 8.49. The van der Waals surface area contributed by atoms with Crippen molar-refractivity contribution < 1.29 is 18.3 Å². The number of hydrogen-bond donors (Lipinski definition) is 2. The molecule has 1 heterocycles. The van der Waals surface area contributed by atoms with Gasteiger partial charge in [0, 0.05) is 32.8 Å². The predicted octanol–water partition coefficient (Wildman–Crippen LogP) is -0.0483. The summed E-state index contributed by atoms with van der Waals surface area (Å²) in [5, 5.41) is 9.03. The molecule has 1 aliphatic heterocycles. The lowest BCUT2D eigenvalue weighted by molar-refractivity contribution is 0.128. The molecule has 2 aliphatic rings.